The fourth-order valence-electron chi connectivity index (χ4n) is 3.65. The molecule has 0 radical (unpaired) electrons. The Balaban J connectivity index is 2.58. The Morgan fingerprint density at radius 1 is 1.14 bits per heavy atom. The SMILES string of the molecule is CCCOC(C)(CCC)COC1CC(C)CCC1C(C)C. The van der Waals surface area contributed by atoms with E-state index in [1.54, 1.807) is 0 Å². The minimum absolute atomic E-state index is 0.104. The highest BCUT2D eigenvalue weighted by molar-refractivity contribution is 4.83. The molecule has 4 unspecified atom stereocenters. The molecule has 0 heterocycles. The molecule has 1 rings (SSSR count). The number of hydrogen-bond acceptors (Lipinski definition) is 2. The highest BCUT2D eigenvalue weighted by Crippen LogP contribution is 2.36. The first-order chi connectivity index (χ1) is 9.91. The Hall–Kier alpha value is -0.0800. The lowest BCUT2D eigenvalue weighted by atomic mass is 9.75. The Labute approximate surface area is 133 Å². The number of hydrogen-bond donors (Lipinski definition) is 0. The molecule has 21 heavy (non-hydrogen) atoms. The van der Waals surface area contributed by atoms with Gasteiger partial charge in [0.15, 0.2) is 0 Å². The summed E-state index contributed by atoms with van der Waals surface area (Å²) in [6.07, 6.45) is 7.65. The van der Waals surface area contributed by atoms with Gasteiger partial charge in [0.25, 0.3) is 0 Å². The molecule has 4 atom stereocenters. The quantitative estimate of drug-likeness (QED) is 0.563. The molecule has 2 heteroatoms. The summed E-state index contributed by atoms with van der Waals surface area (Å²) in [6.45, 7) is 15.3. The van der Waals surface area contributed by atoms with Crippen LogP contribution < -0.4 is 0 Å². The van der Waals surface area contributed by atoms with Gasteiger partial charge in [0.05, 0.1) is 18.3 Å². The second-order valence-electron chi connectivity index (χ2n) is 7.72. The molecular weight excluding hydrogens is 260 g/mol. The molecule has 0 amide bonds. The largest absolute Gasteiger partial charge is 0.375 e. The van der Waals surface area contributed by atoms with Gasteiger partial charge in [0, 0.05) is 6.61 Å². The summed E-state index contributed by atoms with van der Waals surface area (Å²) in [4.78, 5) is 0. The van der Waals surface area contributed by atoms with Crippen LogP contribution in [0.5, 0.6) is 0 Å². The van der Waals surface area contributed by atoms with Gasteiger partial charge in [-0.05, 0) is 50.4 Å². The van der Waals surface area contributed by atoms with Crippen molar-refractivity contribution in [2.75, 3.05) is 13.2 Å². The first-order valence-electron chi connectivity index (χ1n) is 9.17. The van der Waals surface area contributed by atoms with Crippen molar-refractivity contribution in [1.29, 1.82) is 0 Å². The molecule has 0 bridgehead atoms. The minimum atomic E-state index is -0.104. The van der Waals surface area contributed by atoms with E-state index in [-0.39, 0.29) is 5.60 Å². The van der Waals surface area contributed by atoms with Gasteiger partial charge in [-0.1, -0.05) is 47.5 Å². The van der Waals surface area contributed by atoms with Crippen LogP contribution >= 0.6 is 0 Å². The van der Waals surface area contributed by atoms with Gasteiger partial charge in [-0.15, -0.1) is 0 Å². The molecule has 1 saturated carbocycles. The van der Waals surface area contributed by atoms with E-state index in [0.29, 0.717) is 6.10 Å². The average Bonchev–Trinajstić information content (AvgIpc) is 2.43. The first-order valence-corrected chi connectivity index (χ1v) is 9.17. The lowest BCUT2D eigenvalue weighted by molar-refractivity contribution is -0.131. The van der Waals surface area contributed by atoms with E-state index >= 15 is 0 Å². The topological polar surface area (TPSA) is 18.5 Å². The molecule has 0 aromatic heterocycles. The molecule has 0 aliphatic heterocycles. The predicted molar refractivity (Wildman–Crippen MR) is 90.6 cm³/mol. The van der Waals surface area contributed by atoms with Crippen molar-refractivity contribution in [2.45, 2.75) is 91.8 Å². The van der Waals surface area contributed by atoms with Crippen LogP contribution in [0.25, 0.3) is 0 Å². The van der Waals surface area contributed by atoms with Crippen LogP contribution in [0.2, 0.25) is 0 Å². The summed E-state index contributed by atoms with van der Waals surface area (Å²) < 4.78 is 12.5. The molecule has 126 valence electrons. The molecule has 2 nitrogen and oxygen atoms in total. The third-order valence-electron chi connectivity index (χ3n) is 5.00. The predicted octanol–water partition coefficient (Wildman–Crippen LogP) is 5.45. The summed E-state index contributed by atoms with van der Waals surface area (Å²) in [5.41, 5.74) is -0.104. The average molecular weight is 299 g/mol. The normalized spacial score (nSPS) is 29.6. The molecule has 0 N–H and O–H groups in total. The van der Waals surface area contributed by atoms with E-state index < -0.39 is 0 Å². The van der Waals surface area contributed by atoms with Crippen molar-refractivity contribution in [3.63, 3.8) is 0 Å². The van der Waals surface area contributed by atoms with Gasteiger partial charge in [-0.3, -0.25) is 0 Å². The van der Waals surface area contributed by atoms with Gasteiger partial charge in [-0.25, -0.2) is 0 Å². The van der Waals surface area contributed by atoms with Crippen molar-refractivity contribution in [1.82, 2.24) is 0 Å². The lowest BCUT2D eigenvalue weighted by Crippen LogP contribution is -2.41. The van der Waals surface area contributed by atoms with E-state index in [4.69, 9.17) is 9.47 Å². The third kappa shape index (κ3) is 6.28. The van der Waals surface area contributed by atoms with E-state index in [9.17, 15) is 0 Å². The maximum absolute atomic E-state index is 6.42. The highest BCUT2D eigenvalue weighted by atomic mass is 16.5. The highest BCUT2D eigenvalue weighted by Gasteiger charge is 2.34. The number of rotatable bonds is 9. The molecule has 1 aliphatic carbocycles. The number of ether oxygens (including phenoxy) is 2. The molecule has 0 aromatic carbocycles. The first kappa shape index (κ1) is 19.0. The third-order valence-corrected chi connectivity index (χ3v) is 5.00. The molecule has 1 aliphatic rings. The fourth-order valence-corrected chi connectivity index (χ4v) is 3.65. The van der Waals surface area contributed by atoms with E-state index in [2.05, 4.69) is 41.5 Å². The van der Waals surface area contributed by atoms with Crippen molar-refractivity contribution in [2.24, 2.45) is 17.8 Å². The summed E-state index contributed by atoms with van der Waals surface area (Å²) in [7, 11) is 0. The van der Waals surface area contributed by atoms with Gasteiger partial charge in [-0.2, -0.15) is 0 Å². The molecular formula is C19H38O2. The molecule has 0 spiro atoms. The zero-order valence-electron chi connectivity index (χ0n) is 15.3. The Morgan fingerprint density at radius 3 is 2.43 bits per heavy atom. The fraction of sp³-hybridized carbons (Fsp3) is 1.00. The molecule has 1 fully saturated rings. The molecule has 0 aromatic rings. The van der Waals surface area contributed by atoms with Crippen LogP contribution in [0, 0.1) is 17.8 Å². The monoisotopic (exact) mass is 298 g/mol. The second kappa shape index (κ2) is 9.15. The van der Waals surface area contributed by atoms with Gasteiger partial charge >= 0.3 is 0 Å². The zero-order valence-corrected chi connectivity index (χ0v) is 15.3. The summed E-state index contributed by atoms with van der Waals surface area (Å²) in [5, 5.41) is 0. The van der Waals surface area contributed by atoms with Crippen molar-refractivity contribution in [3.05, 3.63) is 0 Å². The lowest BCUT2D eigenvalue weighted by Gasteiger charge is -2.39. The van der Waals surface area contributed by atoms with E-state index in [1.807, 2.05) is 0 Å². The maximum Gasteiger partial charge on any atom is 0.0886 e. The van der Waals surface area contributed by atoms with Crippen LogP contribution in [-0.4, -0.2) is 24.9 Å². The van der Waals surface area contributed by atoms with E-state index in [1.165, 1.54) is 19.3 Å². The van der Waals surface area contributed by atoms with Crippen molar-refractivity contribution < 1.29 is 9.47 Å². The Kier molecular flexibility index (Phi) is 8.26. The van der Waals surface area contributed by atoms with Crippen LogP contribution in [0.15, 0.2) is 0 Å². The van der Waals surface area contributed by atoms with Crippen LogP contribution in [0.3, 0.4) is 0 Å². The summed E-state index contributed by atoms with van der Waals surface area (Å²) in [5.74, 6) is 2.24. The summed E-state index contributed by atoms with van der Waals surface area (Å²) in [6, 6.07) is 0. The summed E-state index contributed by atoms with van der Waals surface area (Å²) >= 11 is 0. The van der Waals surface area contributed by atoms with Gasteiger partial charge in [0.2, 0.25) is 0 Å². The second-order valence-corrected chi connectivity index (χ2v) is 7.72. The van der Waals surface area contributed by atoms with Crippen molar-refractivity contribution >= 4 is 0 Å². The maximum atomic E-state index is 6.42. The van der Waals surface area contributed by atoms with Crippen LogP contribution in [-0.2, 0) is 9.47 Å². The van der Waals surface area contributed by atoms with E-state index in [0.717, 1.165) is 50.2 Å². The zero-order chi connectivity index (χ0) is 15.9. The molecule has 0 saturated heterocycles. The Bertz CT molecular complexity index is 277. The van der Waals surface area contributed by atoms with Crippen molar-refractivity contribution in [3.8, 4) is 0 Å². The van der Waals surface area contributed by atoms with Crippen LogP contribution in [0.4, 0.5) is 0 Å². The standard InChI is InChI=1S/C19H38O2/c1-7-11-19(6,21-12-8-2)14-20-18-13-16(5)9-10-17(18)15(3)4/h15-18H,7-14H2,1-6H3. The minimum Gasteiger partial charge on any atom is -0.375 e. The van der Waals surface area contributed by atoms with Gasteiger partial charge < -0.3 is 9.47 Å². The van der Waals surface area contributed by atoms with Gasteiger partial charge in [0.1, 0.15) is 0 Å². The Morgan fingerprint density at radius 2 is 1.86 bits per heavy atom. The van der Waals surface area contributed by atoms with Crippen LogP contribution in [0.1, 0.15) is 80.1 Å². The smallest absolute Gasteiger partial charge is 0.0886 e.